The summed E-state index contributed by atoms with van der Waals surface area (Å²) in [4.78, 5) is 14.9. The second kappa shape index (κ2) is 5.02. The molecule has 1 saturated heterocycles. The number of amides is 1. The second-order valence-electron chi connectivity index (χ2n) is 5.47. The third kappa shape index (κ3) is 2.31. The fourth-order valence-corrected chi connectivity index (χ4v) is 4.14. The van der Waals surface area contributed by atoms with Gasteiger partial charge < -0.3 is 10.6 Å². The first-order chi connectivity index (χ1) is 8.74. The molecule has 1 fully saturated rings. The van der Waals surface area contributed by atoms with E-state index in [0.29, 0.717) is 12.5 Å². The van der Waals surface area contributed by atoms with Crippen LogP contribution >= 0.6 is 11.3 Å². The van der Waals surface area contributed by atoms with E-state index in [1.807, 2.05) is 11.3 Å². The summed E-state index contributed by atoms with van der Waals surface area (Å²) in [5.74, 6) is 0.816. The number of rotatable bonds is 3. The van der Waals surface area contributed by atoms with Crippen molar-refractivity contribution in [3.63, 3.8) is 0 Å². The van der Waals surface area contributed by atoms with Crippen molar-refractivity contribution in [2.75, 3.05) is 13.1 Å². The smallest absolute Gasteiger partial charge is 0.225 e. The highest BCUT2D eigenvalue weighted by atomic mass is 32.1. The van der Waals surface area contributed by atoms with E-state index in [4.69, 9.17) is 0 Å². The summed E-state index contributed by atoms with van der Waals surface area (Å²) in [7, 11) is 0. The van der Waals surface area contributed by atoms with Crippen molar-refractivity contribution in [1.29, 1.82) is 0 Å². The van der Waals surface area contributed by atoms with Crippen molar-refractivity contribution in [3.8, 4) is 0 Å². The first kappa shape index (κ1) is 12.2. The van der Waals surface area contributed by atoms with E-state index >= 15 is 0 Å². The Morgan fingerprint density at radius 1 is 1.50 bits per heavy atom. The predicted octanol–water partition coefficient (Wildman–Crippen LogP) is 1.71. The summed E-state index contributed by atoms with van der Waals surface area (Å²) in [6, 6.07) is 2.28. The molecule has 1 amide bonds. The zero-order chi connectivity index (χ0) is 12.5. The molecule has 0 aromatic carbocycles. The lowest BCUT2D eigenvalue weighted by atomic mass is 9.97. The quantitative estimate of drug-likeness (QED) is 0.872. The SMILES string of the molecule is C[C@@H]1CNC[C@H]1C(=O)NCc1cc2c(s1)CCC2. The molecule has 1 aliphatic heterocycles. The first-order valence-electron chi connectivity index (χ1n) is 6.83. The summed E-state index contributed by atoms with van der Waals surface area (Å²) < 4.78 is 0. The van der Waals surface area contributed by atoms with E-state index in [1.54, 1.807) is 0 Å². The van der Waals surface area contributed by atoms with Crippen LogP contribution in [0.3, 0.4) is 0 Å². The summed E-state index contributed by atoms with van der Waals surface area (Å²) in [6.07, 6.45) is 3.76. The predicted molar refractivity (Wildman–Crippen MR) is 73.7 cm³/mol. The lowest BCUT2D eigenvalue weighted by Gasteiger charge is -2.13. The van der Waals surface area contributed by atoms with E-state index in [0.717, 1.165) is 13.1 Å². The molecule has 2 atom stereocenters. The van der Waals surface area contributed by atoms with Crippen molar-refractivity contribution >= 4 is 17.2 Å². The van der Waals surface area contributed by atoms with Gasteiger partial charge >= 0.3 is 0 Å². The lowest BCUT2D eigenvalue weighted by molar-refractivity contribution is -0.125. The molecule has 0 spiro atoms. The van der Waals surface area contributed by atoms with Gasteiger partial charge in [0.05, 0.1) is 12.5 Å². The van der Waals surface area contributed by atoms with Crippen molar-refractivity contribution in [2.45, 2.75) is 32.7 Å². The molecular formula is C14H20N2OS. The van der Waals surface area contributed by atoms with Crippen LogP contribution in [-0.4, -0.2) is 19.0 Å². The number of carbonyl (C=O) groups excluding carboxylic acids is 1. The Morgan fingerprint density at radius 3 is 3.11 bits per heavy atom. The molecule has 4 heteroatoms. The number of nitrogens with one attached hydrogen (secondary N) is 2. The number of thiophene rings is 1. The summed E-state index contributed by atoms with van der Waals surface area (Å²) in [5.41, 5.74) is 1.51. The Kier molecular flexibility index (Phi) is 3.39. The van der Waals surface area contributed by atoms with Gasteiger partial charge in [0.2, 0.25) is 5.91 Å². The zero-order valence-corrected chi connectivity index (χ0v) is 11.6. The maximum absolute atomic E-state index is 12.1. The molecule has 0 saturated carbocycles. The van der Waals surface area contributed by atoms with Gasteiger partial charge in [-0.25, -0.2) is 0 Å². The maximum Gasteiger partial charge on any atom is 0.225 e. The van der Waals surface area contributed by atoms with Gasteiger partial charge in [-0.15, -0.1) is 11.3 Å². The number of hydrogen-bond acceptors (Lipinski definition) is 3. The highest BCUT2D eigenvalue weighted by molar-refractivity contribution is 7.12. The van der Waals surface area contributed by atoms with E-state index in [9.17, 15) is 4.79 Å². The van der Waals surface area contributed by atoms with Gasteiger partial charge in [0, 0.05) is 16.3 Å². The van der Waals surface area contributed by atoms with E-state index < -0.39 is 0 Å². The minimum absolute atomic E-state index is 0.150. The minimum Gasteiger partial charge on any atom is -0.351 e. The molecule has 2 N–H and O–H groups in total. The topological polar surface area (TPSA) is 41.1 Å². The van der Waals surface area contributed by atoms with E-state index in [1.165, 1.54) is 34.6 Å². The van der Waals surface area contributed by atoms with Crippen molar-refractivity contribution in [3.05, 3.63) is 21.4 Å². The summed E-state index contributed by atoms with van der Waals surface area (Å²) >= 11 is 1.88. The molecule has 1 aliphatic carbocycles. The van der Waals surface area contributed by atoms with Crippen LogP contribution in [0, 0.1) is 11.8 Å². The van der Waals surface area contributed by atoms with Crippen LogP contribution in [0.15, 0.2) is 6.07 Å². The fraction of sp³-hybridized carbons (Fsp3) is 0.643. The molecule has 0 radical (unpaired) electrons. The average Bonchev–Trinajstić information content (AvgIpc) is 3.00. The van der Waals surface area contributed by atoms with Crippen LogP contribution < -0.4 is 10.6 Å². The Hall–Kier alpha value is -0.870. The third-order valence-corrected chi connectivity index (χ3v) is 5.33. The number of carbonyl (C=O) groups is 1. The molecule has 0 unspecified atom stereocenters. The Morgan fingerprint density at radius 2 is 2.39 bits per heavy atom. The van der Waals surface area contributed by atoms with Crippen LogP contribution in [0.4, 0.5) is 0 Å². The van der Waals surface area contributed by atoms with Gasteiger partial charge in [-0.05, 0) is 43.4 Å². The van der Waals surface area contributed by atoms with Gasteiger partial charge in [-0.2, -0.15) is 0 Å². The molecule has 2 heterocycles. The Bertz CT molecular complexity index is 433. The van der Waals surface area contributed by atoms with Crippen LogP contribution in [0.1, 0.15) is 28.7 Å². The minimum atomic E-state index is 0.150. The first-order valence-corrected chi connectivity index (χ1v) is 7.64. The maximum atomic E-state index is 12.1. The van der Waals surface area contributed by atoms with Crippen molar-refractivity contribution < 1.29 is 4.79 Å². The standard InChI is InChI=1S/C14H20N2OS/c1-9-6-15-8-12(9)14(17)16-7-11-5-10-3-2-4-13(10)18-11/h5,9,12,15H,2-4,6-8H2,1H3,(H,16,17)/t9-,12-/m1/s1. The molecular weight excluding hydrogens is 244 g/mol. The Labute approximate surface area is 112 Å². The fourth-order valence-electron chi connectivity index (χ4n) is 2.94. The van der Waals surface area contributed by atoms with E-state index in [2.05, 4.69) is 23.6 Å². The van der Waals surface area contributed by atoms with Crippen LogP contribution in [0.2, 0.25) is 0 Å². The van der Waals surface area contributed by atoms with Crippen LogP contribution in [0.25, 0.3) is 0 Å². The van der Waals surface area contributed by atoms with E-state index in [-0.39, 0.29) is 11.8 Å². The van der Waals surface area contributed by atoms with Gasteiger partial charge in [-0.1, -0.05) is 6.92 Å². The molecule has 1 aromatic rings. The molecule has 2 aliphatic rings. The summed E-state index contributed by atoms with van der Waals surface area (Å²) in [5, 5.41) is 6.37. The largest absolute Gasteiger partial charge is 0.351 e. The molecule has 18 heavy (non-hydrogen) atoms. The van der Waals surface area contributed by atoms with Crippen LogP contribution in [0.5, 0.6) is 0 Å². The monoisotopic (exact) mass is 264 g/mol. The molecule has 1 aromatic heterocycles. The number of hydrogen-bond donors (Lipinski definition) is 2. The highest BCUT2D eigenvalue weighted by Gasteiger charge is 2.29. The lowest BCUT2D eigenvalue weighted by Crippen LogP contribution is -2.33. The van der Waals surface area contributed by atoms with Gasteiger partial charge in [-0.3, -0.25) is 4.79 Å². The third-order valence-electron chi connectivity index (χ3n) is 4.09. The second-order valence-corrected chi connectivity index (χ2v) is 6.70. The Balaban J connectivity index is 1.55. The molecule has 98 valence electrons. The number of aryl methyl sites for hydroxylation is 2. The van der Waals surface area contributed by atoms with Gasteiger partial charge in [0.1, 0.15) is 0 Å². The van der Waals surface area contributed by atoms with Gasteiger partial charge in [0.25, 0.3) is 0 Å². The van der Waals surface area contributed by atoms with Gasteiger partial charge in [0.15, 0.2) is 0 Å². The van der Waals surface area contributed by atoms with Crippen molar-refractivity contribution in [2.24, 2.45) is 11.8 Å². The normalized spacial score (nSPS) is 26.3. The number of fused-ring (bicyclic) bond motifs is 1. The summed E-state index contributed by atoms with van der Waals surface area (Å²) in [6.45, 7) is 4.64. The molecule has 3 rings (SSSR count). The van der Waals surface area contributed by atoms with Crippen LogP contribution in [-0.2, 0) is 24.2 Å². The molecule has 3 nitrogen and oxygen atoms in total. The van der Waals surface area contributed by atoms with Crippen molar-refractivity contribution in [1.82, 2.24) is 10.6 Å². The molecule has 0 bridgehead atoms. The highest BCUT2D eigenvalue weighted by Crippen LogP contribution is 2.30. The average molecular weight is 264 g/mol. The zero-order valence-electron chi connectivity index (χ0n) is 10.8.